The molecule has 2 aromatic rings. The fourth-order valence-corrected chi connectivity index (χ4v) is 2.17. The van der Waals surface area contributed by atoms with Crippen LogP contribution in [0.3, 0.4) is 0 Å². The highest BCUT2D eigenvalue weighted by molar-refractivity contribution is 14.1. The summed E-state index contributed by atoms with van der Waals surface area (Å²) in [5.74, 6) is 1.71. The Bertz CT molecular complexity index is 542. The van der Waals surface area contributed by atoms with E-state index in [2.05, 4.69) is 55.3 Å². The van der Waals surface area contributed by atoms with Crippen molar-refractivity contribution in [2.24, 2.45) is 0 Å². The van der Waals surface area contributed by atoms with Crippen molar-refractivity contribution < 1.29 is 0 Å². The molecule has 0 saturated carbocycles. The lowest BCUT2D eigenvalue weighted by molar-refractivity contribution is 1.08. The molecule has 0 unspecified atom stereocenters. The van der Waals surface area contributed by atoms with E-state index in [0.29, 0.717) is 0 Å². The minimum Gasteiger partial charge on any atom is -0.370 e. The minimum atomic E-state index is 0.836. The lowest BCUT2D eigenvalue weighted by atomic mass is 10.2. The first-order chi connectivity index (χ1) is 8.70. The molecule has 0 fully saturated rings. The molecule has 2 rings (SSSR count). The Kier molecular flexibility index (Phi) is 4.35. The molecule has 0 aliphatic carbocycles. The summed E-state index contributed by atoms with van der Waals surface area (Å²) in [6.45, 7) is 4.91. The zero-order chi connectivity index (χ0) is 13.0. The molecule has 0 aliphatic rings. The Morgan fingerprint density at radius 2 is 2.00 bits per heavy atom. The maximum Gasteiger partial charge on any atom is 0.138 e. The van der Waals surface area contributed by atoms with Gasteiger partial charge in [0.15, 0.2) is 0 Å². The van der Waals surface area contributed by atoms with E-state index < -0.39 is 0 Å². The number of hydrogen-bond acceptors (Lipinski definition) is 4. The van der Waals surface area contributed by atoms with Crippen molar-refractivity contribution in [1.29, 1.82) is 0 Å². The first kappa shape index (κ1) is 13.1. The molecule has 0 bridgehead atoms. The van der Waals surface area contributed by atoms with Gasteiger partial charge in [0, 0.05) is 21.4 Å². The Balaban J connectivity index is 2.26. The number of halogens is 1. The average Bonchev–Trinajstić information content (AvgIpc) is 2.35. The van der Waals surface area contributed by atoms with E-state index in [4.69, 9.17) is 0 Å². The van der Waals surface area contributed by atoms with Crippen molar-refractivity contribution in [3.63, 3.8) is 0 Å². The smallest absolute Gasteiger partial charge is 0.138 e. The van der Waals surface area contributed by atoms with E-state index in [1.807, 2.05) is 26.0 Å². The lowest BCUT2D eigenvalue weighted by Crippen LogP contribution is -2.05. The average molecular weight is 354 g/mol. The van der Waals surface area contributed by atoms with Crippen molar-refractivity contribution in [3.05, 3.63) is 39.7 Å². The summed E-state index contributed by atoms with van der Waals surface area (Å²) in [5, 5.41) is 6.54. The second-order valence-electron chi connectivity index (χ2n) is 3.86. The third-order valence-corrected chi connectivity index (χ3v) is 3.19. The molecule has 0 amide bonds. The van der Waals surface area contributed by atoms with Gasteiger partial charge in [-0.15, -0.1) is 0 Å². The first-order valence-corrected chi connectivity index (χ1v) is 6.86. The molecular formula is C13H15IN4. The summed E-state index contributed by atoms with van der Waals surface area (Å²) >= 11 is 2.29. The maximum atomic E-state index is 4.28. The molecule has 1 aromatic heterocycles. The van der Waals surface area contributed by atoms with Crippen LogP contribution in [0.25, 0.3) is 0 Å². The number of anilines is 3. The number of benzene rings is 1. The van der Waals surface area contributed by atoms with Gasteiger partial charge in [-0.1, -0.05) is 6.07 Å². The molecule has 0 spiro atoms. The molecule has 18 heavy (non-hydrogen) atoms. The van der Waals surface area contributed by atoms with Crippen molar-refractivity contribution in [1.82, 2.24) is 9.97 Å². The Hall–Kier alpha value is -1.37. The summed E-state index contributed by atoms with van der Waals surface area (Å²) < 4.78 is 1.19. The third kappa shape index (κ3) is 3.10. The fraction of sp³-hybridized carbons (Fsp3) is 0.231. The van der Waals surface area contributed by atoms with Gasteiger partial charge in [0.1, 0.15) is 18.0 Å². The molecule has 1 heterocycles. The zero-order valence-electron chi connectivity index (χ0n) is 10.4. The second-order valence-corrected chi connectivity index (χ2v) is 5.11. The van der Waals surface area contributed by atoms with Crippen molar-refractivity contribution in [2.75, 3.05) is 17.2 Å². The molecule has 1 aromatic carbocycles. The van der Waals surface area contributed by atoms with Crippen LogP contribution in [0.15, 0.2) is 30.6 Å². The highest BCUT2D eigenvalue weighted by atomic mass is 127. The third-order valence-electron chi connectivity index (χ3n) is 2.52. The predicted octanol–water partition coefficient (Wildman–Crippen LogP) is 3.57. The highest BCUT2D eigenvalue weighted by Gasteiger charge is 2.06. The summed E-state index contributed by atoms with van der Waals surface area (Å²) in [6.07, 6.45) is 1.57. The predicted molar refractivity (Wildman–Crippen MR) is 83.4 cm³/mol. The Morgan fingerprint density at radius 1 is 1.22 bits per heavy atom. The van der Waals surface area contributed by atoms with Crippen LogP contribution in [0.5, 0.6) is 0 Å². The van der Waals surface area contributed by atoms with Crippen LogP contribution in [-0.4, -0.2) is 16.5 Å². The Labute approximate surface area is 120 Å². The van der Waals surface area contributed by atoms with Gasteiger partial charge in [0.05, 0.1) is 0 Å². The van der Waals surface area contributed by atoms with Crippen LogP contribution in [0.2, 0.25) is 0 Å². The minimum absolute atomic E-state index is 0.836. The molecule has 5 heteroatoms. The SMILES string of the molecule is CCNc1ncnc(Nc2cccc(I)c2)c1C. The van der Waals surface area contributed by atoms with E-state index in [0.717, 1.165) is 29.4 Å². The summed E-state index contributed by atoms with van der Waals surface area (Å²) in [6, 6.07) is 8.18. The monoisotopic (exact) mass is 354 g/mol. The van der Waals surface area contributed by atoms with Gasteiger partial charge in [0.2, 0.25) is 0 Å². The number of hydrogen-bond donors (Lipinski definition) is 2. The number of nitrogens with one attached hydrogen (secondary N) is 2. The lowest BCUT2D eigenvalue weighted by Gasteiger charge is -2.12. The van der Waals surface area contributed by atoms with Gasteiger partial charge in [-0.25, -0.2) is 9.97 Å². The van der Waals surface area contributed by atoms with Crippen LogP contribution in [-0.2, 0) is 0 Å². The normalized spacial score (nSPS) is 10.2. The van der Waals surface area contributed by atoms with Gasteiger partial charge in [0.25, 0.3) is 0 Å². The summed E-state index contributed by atoms with van der Waals surface area (Å²) in [5.41, 5.74) is 2.06. The van der Waals surface area contributed by atoms with Gasteiger partial charge >= 0.3 is 0 Å². The van der Waals surface area contributed by atoms with E-state index in [1.54, 1.807) is 6.33 Å². The molecule has 94 valence electrons. The van der Waals surface area contributed by atoms with Crippen LogP contribution in [0.1, 0.15) is 12.5 Å². The van der Waals surface area contributed by atoms with Crippen LogP contribution >= 0.6 is 22.6 Å². The van der Waals surface area contributed by atoms with Crippen LogP contribution < -0.4 is 10.6 Å². The molecule has 0 atom stereocenters. The van der Waals surface area contributed by atoms with E-state index in [-0.39, 0.29) is 0 Å². The van der Waals surface area contributed by atoms with Crippen LogP contribution in [0.4, 0.5) is 17.3 Å². The summed E-state index contributed by atoms with van der Waals surface area (Å²) in [4.78, 5) is 8.51. The van der Waals surface area contributed by atoms with E-state index in [9.17, 15) is 0 Å². The van der Waals surface area contributed by atoms with E-state index >= 15 is 0 Å². The summed E-state index contributed by atoms with van der Waals surface area (Å²) in [7, 11) is 0. The standard InChI is InChI=1S/C13H15IN4/c1-3-15-12-9(2)13(17-8-16-12)18-11-6-4-5-10(14)7-11/h4-8H,3H2,1-2H3,(H2,15,16,17,18). The fourth-order valence-electron chi connectivity index (χ4n) is 1.62. The molecule has 2 N–H and O–H groups in total. The van der Waals surface area contributed by atoms with Gasteiger partial charge in [-0.05, 0) is 54.6 Å². The molecule has 4 nitrogen and oxygen atoms in total. The highest BCUT2D eigenvalue weighted by Crippen LogP contribution is 2.23. The molecular weight excluding hydrogens is 339 g/mol. The van der Waals surface area contributed by atoms with Crippen molar-refractivity contribution in [2.45, 2.75) is 13.8 Å². The largest absolute Gasteiger partial charge is 0.370 e. The number of rotatable bonds is 4. The molecule has 0 saturated heterocycles. The van der Waals surface area contributed by atoms with Gasteiger partial charge in [-0.2, -0.15) is 0 Å². The quantitative estimate of drug-likeness (QED) is 0.825. The number of aromatic nitrogens is 2. The first-order valence-electron chi connectivity index (χ1n) is 5.78. The maximum absolute atomic E-state index is 4.28. The topological polar surface area (TPSA) is 49.8 Å². The molecule has 0 radical (unpaired) electrons. The van der Waals surface area contributed by atoms with Crippen LogP contribution in [0, 0.1) is 10.5 Å². The van der Waals surface area contributed by atoms with E-state index in [1.165, 1.54) is 3.57 Å². The van der Waals surface area contributed by atoms with Gasteiger partial charge in [-0.3, -0.25) is 0 Å². The zero-order valence-corrected chi connectivity index (χ0v) is 12.5. The van der Waals surface area contributed by atoms with Gasteiger partial charge < -0.3 is 10.6 Å². The molecule has 0 aliphatic heterocycles. The Morgan fingerprint density at radius 3 is 2.72 bits per heavy atom. The van der Waals surface area contributed by atoms with Crippen molar-refractivity contribution in [3.8, 4) is 0 Å². The second kappa shape index (κ2) is 5.99. The van der Waals surface area contributed by atoms with Crippen molar-refractivity contribution >= 4 is 39.9 Å². The number of nitrogens with zero attached hydrogens (tertiary/aromatic N) is 2.